The number of aliphatic carboxylic acids is 1. The van der Waals surface area contributed by atoms with E-state index < -0.39 is 12.0 Å². The minimum Gasteiger partial charge on any atom is -0.491 e. The van der Waals surface area contributed by atoms with Crippen molar-refractivity contribution in [1.29, 1.82) is 0 Å². The number of benzene rings is 1. The van der Waals surface area contributed by atoms with Crippen molar-refractivity contribution < 1.29 is 14.6 Å². The molecule has 0 bridgehead atoms. The molecule has 0 aliphatic heterocycles. The number of carboxylic acids is 1. The van der Waals surface area contributed by atoms with E-state index in [2.05, 4.69) is 4.90 Å². The van der Waals surface area contributed by atoms with Gasteiger partial charge in [0, 0.05) is 36.6 Å². The molecule has 136 valence electrons. The third kappa shape index (κ3) is 7.16. The van der Waals surface area contributed by atoms with Gasteiger partial charge in [-0.3, -0.25) is 4.79 Å². The maximum absolute atomic E-state index is 10.9. The van der Waals surface area contributed by atoms with Crippen molar-refractivity contribution in [1.82, 2.24) is 0 Å². The molecular weight excluding hydrogens is 351 g/mol. The van der Waals surface area contributed by atoms with Crippen molar-refractivity contribution in [2.45, 2.75) is 38.8 Å². The highest BCUT2D eigenvalue weighted by molar-refractivity contribution is 6.18. The zero-order chi connectivity index (χ0) is 18.1. The Balaban J connectivity index is 3.08. The van der Waals surface area contributed by atoms with E-state index in [1.54, 1.807) is 0 Å². The van der Waals surface area contributed by atoms with Gasteiger partial charge in [0.1, 0.15) is 5.75 Å². The minimum absolute atomic E-state index is 0.0204. The van der Waals surface area contributed by atoms with Crippen LogP contribution in [0.25, 0.3) is 0 Å². The molecule has 7 heteroatoms. The van der Waals surface area contributed by atoms with Gasteiger partial charge in [-0.1, -0.05) is 0 Å². The molecule has 1 aromatic carbocycles. The number of carbonyl (C=O) groups is 1. The van der Waals surface area contributed by atoms with Gasteiger partial charge in [-0.25, -0.2) is 0 Å². The van der Waals surface area contributed by atoms with Crippen LogP contribution in [0.15, 0.2) is 18.2 Å². The number of rotatable bonds is 11. The summed E-state index contributed by atoms with van der Waals surface area (Å²) < 4.78 is 5.83. The Morgan fingerprint density at radius 3 is 2.42 bits per heavy atom. The number of anilines is 1. The monoisotopic (exact) mass is 376 g/mol. The second kappa shape index (κ2) is 10.6. The van der Waals surface area contributed by atoms with Crippen LogP contribution in [0, 0.1) is 0 Å². The molecule has 1 atom stereocenters. The average Bonchev–Trinajstić information content (AvgIpc) is 2.47. The lowest BCUT2D eigenvalue weighted by molar-refractivity contribution is -0.137. The van der Waals surface area contributed by atoms with Gasteiger partial charge in [0.15, 0.2) is 0 Å². The first-order valence-corrected chi connectivity index (χ1v) is 9.08. The van der Waals surface area contributed by atoms with Gasteiger partial charge >= 0.3 is 5.97 Å². The van der Waals surface area contributed by atoms with Crippen molar-refractivity contribution in [3.05, 3.63) is 23.8 Å². The first-order valence-electron chi connectivity index (χ1n) is 8.01. The average molecular weight is 377 g/mol. The SMILES string of the molecule is CC(C)Oc1ccc(N(CCCl)CCCl)cc1CC(N)CC(=O)O. The molecule has 0 spiro atoms. The maximum Gasteiger partial charge on any atom is 0.304 e. The van der Waals surface area contributed by atoms with Gasteiger partial charge in [-0.15, -0.1) is 23.2 Å². The molecule has 5 nitrogen and oxygen atoms in total. The normalized spacial score (nSPS) is 12.2. The molecule has 0 saturated heterocycles. The van der Waals surface area contributed by atoms with E-state index in [4.69, 9.17) is 38.8 Å². The van der Waals surface area contributed by atoms with Gasteiger partial charge in [0.2, 0.25) is 0 Å². The minimum atomic E-state index is -0.907. The lowest BCUT2D eigenvalue weighted by atomic mass is 10.0. The highest BCUT2D eigenvalue weighted by Crippen LogP contribution is 2.27. The standard InChI is InChI=1S/C17H26Cl2N2O3/c1-12(2)24-16-4-3-15(21(7-5-18)8-6-19)10-13(16)9-14(20)11-17(22)23/h3-4,10,12,14H,5-9,11,20H2,1-2H3,(H,22,23). The van der Waals surface area contributed by atoms with Crippen LogP contribution in [-0.4, -0.2) is 48.1 Å². The molecule has 0 amide bonds. The van der Waals surface area contributed by atoms with Crippen LogP contribution in [-0.2, 0) is 11.2 Å². The second-order valence-electron chi connectivity index (χ2n) is 5.89. The fourth-order valence-corrected chi connectivity index (χ4v) is 2.85. The summed E-state index contributed by atoms with van der Waals surface area (Å²) >= 11 is 11.7. The smallest absolute Gasteiger partial charge is 0.304 e. The predicted octanol–water partition coefficient (Wildman–Crippen LogP) is 3.10. The summed E-state index contributed by atoms with van der Waals surface area (Å²) in [5, 5.41) is 8.91. The molecule has 0 saturated carbocycles. The number of alkyl halides is 2. The Hall–Kier alpha value is -1.17. The van der Waals surface area contributed by atoms with Crippen LogP contribution in [0.5, 0.6) is 5.75 Å². The number of hydrogen-bond acceptors (Lipinski definition) is 4. The molecule has 1 rings (SSSR count). The highest BCUT2D eigenvalue weighted by atomic mass is 35.5. The highest BCUT2D eigenvalue weighted by Gasteiger charge is 2.16. The van der Waals surface area contributed by atoms with E-state index in [0.29, 0.717) is 31.3 Å². The lowest BCUT2D eigenvalue weighted by Crippen LogP contribution is -2.29. The first kappa shape index (κ1) is 20.9. The van der Waals surface area contributed by atoms with Gasteiger partial charge < -0.3 is 20.5 Å². The summed E-state index contributed by atoms with van der Waals surface area (Å²) in [7, 11) is 0. The van der Waals surface area contributed by atoms with Crippen molar-refractivity contribution in [3.8, 4) is 5.75 Å². The number of ether oxygens (including phenoxy) is 1. The number of nitrogens with two attached hydrogens (primary N) is 1. The maximum atomic E-state index is 10.9. The Kier molecular flexibility index (Phi) is 9.26. The van der Waals surface area contributed by atoms with Gasteiger partial charge in [0.25, 0.3) is 0 Å². The van der Waals surface area contributed by atoms with Gasteiger partial charge in [-0.2, -0.15) is 0 Å². The van der Waals surface area contributed by atoms with E-state index in [-0.39, 0.29) is 12.5 Å². The van der Waals surface area contributed by atoms with Crippen LogP contribution in [0.2, 0.25) is 0 Å². The Labute approximate surface area is 153 Å². The molecule has 0 aliphatic rings. The summed E-state index contributed by atoms with van der Waals surface area (Å²) in [6, 6.07) is 5.37. The number of carboxylic acid groups (broad SMARTS) is 1. The van der Waals surface area contributed by atoms with Crippen molar-refractivity contribution >= 4 is 34.9 Å². The molecule has 0 radical (unpaired) electrons. The zero-order valence-electron chi connectivity index (χ0n) is 14.2. The molecule has 0 aliphatic carbocycles. The molecule has 24 heavy (non-hydrogen) atoms. The van der Waals surface area contributed by atoms with Crippen LogP contribution in [0.1, 0.15) is 25.8 Å². The molecule has 0 heterocycles. The van der Waals surface area contributed by atoms with Crippen LogP contribution in [0.3, 0.4) is 0 Å². The van der Waals surface area contributed by atoms with Crippen molar-refractivity contribution in [2.24, 2.45) is 5.73 Å². The van der Waals surface area contributed by atoms with Crippen molar-refractivity contribution in [3.63, 3.8) is 0 Å². The molecule has 3 N–H and O–H groups in total. The third-order valence-corrected chi connectivity index (χ3v) is 3.74. The Morgan fingerprint density at radius 2 is 1.92 bits per heavy atom. The number of nitrogens with zero attached hydrogens (tertiary/aromatic N) is 1. The first-order chi connectivity index (χ1) is 11.4. The summed E-state index contributed by atoms with van der Waals surface area (Å²) in [6.07, 6.45) is 0.364. The Bertz CT molecular complexity index is 521. The fourth-order valence-electron chi connectivity index (χ4n) is 2.44. The second-order valence-corrected chi connectivity index (χ2v) is 6.64. The van der Waals surface area contributed by atoms with E-state index in [1.807, 2.05) is 32.0 Å². The van der Waals surface area contributed by atoms with E-state index in [9.17, 15) is 4.79 Å². The molecule has 1 unspecified atom stereocenters. The molecule has 0 aromatic heterocycles. The largest absolute Gasteiger partial charge is 0.491 e. The van der Waals surface area contributed by atoms with Crippen LogP contribution in [0.4, 0.5) is 5.69 Å². The zero-order valence-corrected chi connectivity index (χ0v) is 15.7. The van der Waals surface area contributed by atoms with Crippen LogP contribution >= 0.6 is 23.2 Å². The molecule has 1 aromatic rings. The fraction of sp³-hybridized carbons (Fsp3) is 0.588. The summed E-state index contributed by atoms with van der Waals surface area (Å²) in [6.45, 7) is 5.25. The summed E-state index contributed by atoms with van der Waals surface area (Å²) in [4.78, 5) is 12.9. The van der Waals surface area contributed by atoms with Crippen molar-refractivity contribution in [2.75, 3.05) is 29.7 Å². The Morgan fingerprint density at radius 1 is 1.29 bits per heavy atom. The van der Waals surface area contributed by atoms with E-state index in [1.165, 1.54) is 0 Å². The van der Waals surface area contributed by atoms with Crippen LogP contribution < -0.4 is 15.4 Å². The number of halogens is 2. The van der Waals surface area contributed by atoms with E-state index >= 15 is 0 Å². The topological polar surface area (TPSA) is 75.8 Å². The quantitative estimate of drug-likeness (QED) is 0.580. The lowest BCUT2D eigenvalue weighted by Gasteiger charge is -2.25. The molecule has 0 fully saturated rings. The molecular formula is C17H26Cl2N2O3. The van der Waals surface area contributed by atoms with E-state index in [0.717, 1.165) is 17.0 Å². The summed E-state index contributed by atoms with van der Waals surface area (Å²) in [5.74, 6) is 0.812. The third-order valence-electron chi connectivity index (χ3n) is 3.40. The number of hydrogen-bond donors (Lipinski definition) is 2. The summed E-state index contributed by atoms with van der Waals surface area (Å²) in [5.41, 5.74) is 7.83. The van der Waals surface area contributed by atoms with Gasteiger partial charge in [-0.05, 0) is 44.0 Å². The predicted molar refractivity (Wildman–Crippen MR) is 99.8 cm³/mol. The van der Waals surface area contributed by atoms with Gasteiger partial charge in [0.05, 0.1) is 12.5 Å².